The smallest absolute Gasteiger partial charge is 0.245 e. The van der Waals surface area contributed by atoms with E-state index in [-0.39, 0.29) is 18.3 Å². The molecule has 0 atom stereocenters. The lowest BCUT2D eigenvalue weighted by Gasteiger charge is -2.05. The maximum Gasteiger partial charge on any atom is 0.245 e. The van der Waals surface area contributed by atoms with E-state index in [1.807, 2.05) is 40.9 Å². The molecule has 0 unspecified atom stereocenters. The van der Waals surface area contributed by atoms with Crippen LogP contribution in [0.15, 0.2) is 85.7 Å². The van der Waals surface area contributed by atoms with Gasteiger partial charge < -0.3 is 9.88 Å². The molecule has 0 aliphatic rings. The van der Waals surface area contributed by atoms with Crippen molar-refractivity contribution in [3.8, 4) is 22.6 Å². The summed E-state index contributed by atoms with van der Waals surface area (Å²) in [5.41, 5.74) is 4.21. The van der Waals surface area contributed by atoms with Gasteiger partial charge in [0.05, 0.1) is 18.2 Å². The fourth-order valence-electron chi connectivity index (χ4n) is 3.85. The molecule has 6 aromatic rings. The first-order valence-corrected chi connectivity index (χ1v) is 10.5. The van der Waals surface area contributed by atoms with E-state index >= 15 is 0 Å². The number of anilines is 1. The van der Waals surface area contributed by atoms with Crippen LogP contribution in [0.2, 0.25) is 0 Å². The number of nitrogens with zero attached hydrogens (tertiary/aromatic N) is 7. The van der Waals surface area contributed by atoms with Gasteiger partial charge in [0.15, 0.2) is 11.5 Å². The van der Waals surface area contributed by atoms with Crippen molar-refractivity contribution < 1.29 is 9.18 Å². The fourth-order valence-corrected chi connectivity index (χ4v) is 3.85. The monoisotopic (exact) mass is 452 g/mol. The molecule has 0 aliphatic carbocycles. The standard InChI is InChI=1S/C24H17FN8O/c25-17-6-4-16(5-7-17)23-24(32-11-2-1-3-20(32)29-23)18-8-9-21-27-19(13-33(21)30-18)28-22(34)14-31-12-10-26-15-31/h1-13,15H,14H2,(H,28,34). The largest absolute Gasteiger partial charge is 0.328 e. The molecule has 0 saturated heterocycles. The molecule has 5 aromatic heterocycles. The van der Waals surface area contributed by atoms with E-state index in [0.717, 1.165) is 16.9 Å². The van der Waals surface area contributed by atoms with Crippen molar-refractivity contribution in [3.05, 3.63) is 91.5 Å². The number of carbonyl (C=O) groups is 1. The predicted molar refractivity (Wildman–Crippen MR) is 123 cm³/mol. The van der Waals surface area contributed by atoms with Crippen molar-refractivity contribution in [3.63, 3.8) is 0 Å². The van der Waals surface area contributed by atoms with Gasteiger partial charge in [0.1, 0.15) is 29.4 Å². The number of benzene rings is 1. The number of nitrogens with one attached hydrogen (secondary N) is 1. The zero-order valence-corrected chi connectivity index (χ0v) is 17.7. The number of hydrogen-bond donors (Lipinski definition) is 1. The van der Waals surface area contributed by atoms with E-state index in [4.69, 9.17) is 10.1 Å². The Labute approximate surface area is 192 Å². The van der Waals surface area contributed by atoms with Crippen LogP contribution < -0.4 is 5.32 Å². The van der Waals surface area contributed by atoms with Crippen LogP contribution in [-0.4, -0.2) is 39.4 Å². The first-order chi connectivity index (χ1) is 16.6. The lowest BCUT2D eigenvalue weighted by molar-refractivity contribution is -0.116. The topological polar surface area (TPSA) is 94.4 Å². The molecule has 1 aromatic carbocycles. The third kappa shape index (κ3) is 3.56. The summed E-state index contributed by atoms with van der Waals surface area (Å²) >= 11 is 0. The molecule has 34 heavy (non-hydrogen) atoms. The Kier molecular flexibility index (Phi) is 4.61. The molecule has 0 saturated carbocycles. The number of fused-ring (bicyclic) bond motifs is 2. The molecule has 1 N–H and O–H groups in total. The van der Waals surface area contributed by atoms with Crippen molar-refractivity contribution in [1.29, 1.82) is 0 Å². The highest BCUT2D eigenvalue weighted by Crippen LogP contribution is 2.32. The van der Waals surface area contributed by atoms with E-state index in [0.29, 0.717) is 22.9 Å². The highest BCUT2D eigenvalue weighted by molar-refractivity contribution is 5.90. The van der Waals surface area contributed by atoms with E-state index < -0.39 is 0 Å². The molecule has 1 amide bonds. The highest BCUT2D eigenvalue weighted by atomic mass is 19.1. The van der Waals surface area contributed by atoms with Crippen molar-refractivity contribution in [2.24, 2.45) is 0 Å². The summed E-state index contributed by atoms with van der Waals surface area (Å²) in [5, 5.41) is 7.51. The summed E-state index contributed by atoms with van der Waals surface area (Å²) in [6.45, 7) is 0.134. The molecule has 6 rings (SSSR count). The minimum atomic E-state index is -0.311. The summed E-state index contributed by atoms with van der Waals surface area (Å²) in [7, 11) is 0. The van der Waals surface area contributed by atoms with Crippen LogP contribution in [0.4, 0.5) is 10.2 Å². The SMILES string of the molecule is O=C(Cn1ccnc1)Nc1cn2nc(-c3c(-c4ccc(F)cc4)nc4ccccn34)ccc2n1. The van der Waals surface area contributed by atoms with Gasteiger partial charge in [0.2, 0.25) is 5.91 Å². The number of rotatable bonds is 5. The fraction of sp³-hybridized carbons (Fsp3) is 0.0417. The molecule has 10 heteroatoms. The molecule has 0 bridgehead atoms. The molecule has 0 radical (unpaired) electrons. The van der Waals surface area contributed by atoms with Crippen molar-refractivity contribution in [2.75, 3.05) is 5.32 Å². The molecule has 0 aliphatic heterocycles. The summed E-state index contributed by atoms with van der Waals surface area (Å²) in [6.07, 6.45) is 8.47. The number of amides is 1. The summed E-state index contributed by atoms with van der Waals surface area (Å²) < 4.78 is 18.7. The Morgan fingerprint density at radius 2 is 1.85 bits per heavy atom. The normalized spacial score (nSPS) is 11.3. The van der Waals surface area contributed by atoms with Crippen LogP contribution >= 0.6 is 0 Å². The number of imidazole rings is 3. The Morgan fingerprint density at radius 3 is 2.68 bits per heavy atom. The van der Waals surface area contributed by atoms with Crippen LogP contribution in [-0.2, 0) is 11.3 Å². The van der Waals surface area contributed by atoms with Crippen LogP contribution in [0.25, 0.3) is 33.9 Å². The maximum absolute atomic E-state index is 13.5. The van der Waals surface area contributed by atoms with Gasteiger partial charge in [-0.2, -0.15) is 5.10 Å². The first-order valence-electron chi connectivity index (χ1n) is 10.5. The third-order valence-corrected chi connectivity index (χ3v) is 5.36. The zero-order valence-electron chi connectivity index (χ0n) is 17.7. The van der Waals surface area contributed by atoms with Gasteiger partial charge in [0, 0.05) is 24.2 Å². The molecule has 0 spiro atoms. The van der Waals surface area contributed by atoms with Crippen LogP contribution in [0.1, 0.15) is 0 Å². The van der Waals surface area contributed by atoms with Crippen molar-refractivity contribution in [1.82, 2.24) is 33.5 Å². The predicted octanol–water partition coefficient (Wildman–Crippen LogP) is 3.69. The lowest BCUT2D eigenvalue weighted by atomic mass is 10.1. The molecule has 166 valence electrons. The highest BCUT2D eigenvalue weighted by Gasteiger charge is 2.18. The van der Waals surface area contributed by atoms with E-state index in [1.165, 1.54) is 12.1 Å². The van der Waals surface area contributed by atoms with Gasteiger partial charge >= 0.3 is 0 Å². The van der Waals surface area contributed by atoms with Crippen LogP contribution in [0.5, 0.6) is 0 Å². The number of hydrogen-bond acceptors (Lipinski definition) is 5. The average Bonchev–Trinajstić information content (AvgIpc) is 3.57. The minimum absolute atomic E-state index is 0.134. The average molecular weight is 452 g/mol. The Bertz CT molecular complexity index is 1630. The Morgan fingerprint density at radius 1 is 0.971 bits per heavy atom. The van der Waals surface area contributed by atoms with Gasteiger partial charge in [-0.25, -0.2) is 23.9 Å². The second-order valence-electron chi connectivity index (χ2n) is 7.68. The summed E-state index contributed by atoms with van der Waals surface area (Å²) in [4.78, 5) is 25.4. The van der Waals surface area contributed by atoms with Crippen molar-refractivity contribution in [2.45, 2.75) is 6.54 Å². The van der Waals surface area contributed by atoms with Gasteiger partial charge in [-0.15, -0.1) is 0 Å². The van der Waals surface area contributed by atoms with E-state index in [1.54, 1.807) is 46.1 Å². The van der Waals surface area contributed by atoms with Gasteiger partial charge in [-0.05, 0) is 48.5 Å². The Hall–Kier alpha value is -4.86. The quantitative estimate of drug-likeness (QED) is 0.431. The molecule has 5 heterocycles. The summed E-state index contributed by atoms with van der Waals surface area (Å²) in [6, 6.07) is 15.6. The second-order valence-corrected chi connectivity index (χ2v) is 7.68. The number of aromatic nitrogens is 7. The van der Waals surface area contributed by atoms with Crippen LogP contribution in [0.3, 0.4) is 0 Å². The maximum atomic E-state index is 13.5. The summed E-state index contributed by atoms with van der Waals surface area (Å²) in [5.74, 6) is -0.136. The van der Waals surface area contributed by atoms with Gasteiger partial charge in [-0.1, -0.05) is 6.07 Å². The Balaban J connectivity index is 1.39. The van der Waals surface area contributed by atoms with Crippen molar-refractivity contribution >= 4 is 23.0 Å². The molecule has 0 fully saturated rings. The first kappa shape index (κ1) is 19.8. The van der Waals surface area contributed by atoms with Gasteiger partial charge in [-0.3, -0.25) is 9.20 Å². The van der Waals surface area contributed by atoms with E-state index in [2.05, 4.69) is 15.3 Å². The third-order valence-electron chi connectivity index (χ3n) is 5.36. The van der Waals surface area contributed by atoms with Gasteiger partial charge in [0.25, 0.3) is 0 Å². The molecule has 9 nitrogen and oxygen atoms in total. The number of pyridine rings is 1. The molecular formula is C24H17FN8O. The molecular weight excluding hydrogens is 435 g/mol. The zero-order chi connectivity index (χ0) is 23.1. The second kappa shape index (κ2) is 7.93. The lowest BCUT2D eigenvalue weighted by Crippen LogP contribution is -2.18. The van der Waals surface area contributed by atoms with Crippen LogP contribution in [0, 0.1) is 5.82 Å². The number of carbonyl (C=O) groups excluding carboxylic acids is 1. The van der Waals surface area contributed by atoms with E-state index in [9.17, 15) is 9.18 Å². The number of halogens is 1. The minimum Gasteiger partial charge on any atom is -0.328 e.